The minimum Gasteiger partial charge on any atom is -0.466 e. The van der Waals surface area contributed by atoms with Gasteiger partial charge in [-0.25, -0.2) is 0 Å². The maximum Gasteiger partial charge on any atom is 0.313 e. The summed E-state index contributed by atoms with van der Waals surface area (Å²) < 4.78 is 10.1. The molecule has 0 amide bonds. The van der Waals surface area contributed by atoms with Crippen molar-refractivity contribution in [1.82, 2.24) is 0 Å². The maximum absolute atomic E-state index is 11.7. The Bertz CT molecular complexity index is 225. The molecule has 0 bridgehead atoms. The molecule has 0 fully saturated rings. The SMILES string of the molecule is CCOC(=O)CC(=O)C(C)(CC)OCC. The van der Waals surface area contributed by atoms with Crippen molar-refractivity contribution >= 4 is 11.8 Å². The van der Waals surface area contributed by atoms with Crippen LogP contribution in [-0.2, 0) is 19.1 Å². The highest BCUT2D eigenvalue weighted by molar-refractivity contribution is 6.00. The Morgan fingerprint density at radius 3 is 2.13 bits per heavy atom. The van der Waals surface area contributed by atoms with Gasteiger partial charge in [0.1, 0.15) is 12.0 Å². The van der Waals surface area contributed by atoms with Crippen molar-refractivity contribution in [3.05, 3.63) is 0 Å². The van der Waals surface area contributed by atoms with Crippen LogP contribution in [0.1, 0.15) is 40.5 Å². The van der Waals surface area contributed by atoms with Crippen molar-refractivity contribution in [2.75, 3.05) is 13.2 Å². The Kier molecular flexibility index (Phi) is 6.17. The predicted octanol–water partition coefficient (Wildman–Crippen LogP) is 1.71. The number of carbonyl (C=O) groups excluding carboxylic acids is 2. The van der Waals surface area contributed by atoms with Gasteiger partial charge in [-0.05, 0) is 27.2 Å². The van der Waals surface area contributed by atoms with E-state index in [9.17, 15) is 9.59 Å². The number of esters is 1. The molecule has 4 nitrogen and oxygen atoms in total. The Morgan fingerprint density at radius 1 is 1.13 bits per heavy atom. The largest absolute Gasteiger partial charge is 0.466 e. The van der Waals surface area contributed by atoms with Crippen molar-refractivity contribution in [3.63, 3.8) is 0 Å². The summed E-state index contributed by atoms with van der Waals surface area (Å²) in [4.78, 5) is 22.9. The monoisotopic (exact) mass is 216 g/mol. The van der Waals surface area contributed by atoms with Crippen molar-refractivity contribution in [1.29, 1.82) is 0 Å². The van der Waals surface area contributed by atoms with Gasteiger partial charge in [0.15, 0.2) is 5.78 Å². The molecule has 0 aliphatic heterocycles. The molecular weight excluding hydrogens is 196 g/mol. The Balaban J connectivity index is 4.33. The molecule has 0 aliphatic rings. The van der Waals surface area contributed by atoms with Gasteiger partial charge in [-0.2, -0.15) is 0 Å². The van der Waals surface area contributed by atoms with E-state index in [1.54, 1.807) is 13.8 Å². The second-order valence-electron chi connectivity index (χ2n) is 3.42. The molecule has 0 spiro atoms. The van der Waals surface area contributed by atoms with Gasteiger partial charge < -0.3 is 9.47 Å². The van der Waals surface area contributed by atoms with Crippen LogP contribution in [0, 0.1) is 0 Å². The molecule has 88 valence electrons. The molecule has 0 aliphatic carbocycles. The third-order valence-electron chi connectivity index (χ3n) is 2.34. The number of Topliss-reactive ketones (excluding diaryl/α,β-unsaturated/α-hetero) is 1. The summed E-state index contributed by atoms with van der Waals surface area (Å²) in [6.07, 6.45) is 0.345. The van der Waals surface area contributed by atoms with Gasteiger partial charge in [-0.3, -0.25) is 9.59 Å². The lowest BCUT2D eigenvalue weighted by molar-refractivity contribution is -0.153. The van der Waals surface area contributed by atoms with Gasteiger partial charge >= 0.3 is 5.97 Å². The molecule has 0 saturated heterocycles. The van der Waals surface area contributed by atoms with Crippen LogP contribution in [0.25, 0.3) is 0 Å². The Hall–Kier alpha value is -0.900. The molecule has 0 aromatic rings. The second kappa shape index (κ2) is 6.56. The molecule has 0 N–H and O–H groups in total. The predicted molar refractivity (Wildman–Crippen MR) is 56.6 cm³/mol. The van der Waals surface area contributed by atoms with Crippen LogP contribution in [0.2, 0.25) is 0 Å². The van der Waals surface area contributed by atoms with E-state index in [4.69, 9.17) is 9.47 Å². The van der Waals surface area contributed by atoms with E-state index >= 15 is 0 Å². The lowest BCUT2D eigenvalue weighted by Crippen LogP contribution is -2.39. The molecule has 0 aromatic heterocycles. The lowest BCUT2D eigenvalue weighted by atomic mass is 9.95. The zero-order valence-corrected chi connectivity index (χ0v) is 9.96. The van der Waals surface area contributed by atoms with Crippen LogP contribution in [0.3, 0.4) is 0 Å². The average Bonchev–Trinajstić information content (AvgIpc) is 2.18. The first-order valence-electron chi connectivity index (χ1n) is 5.33. The standard InChI is InChI=1S/C11H20O4/c1-5-11(4,15-7-3)9(12)8-10(13)14-6-2/h5-8H2,1-4H3. The second-order valence-corrected chi connectivity index (χ2v) is 3.42. The number of hydrogen-bond donors (Lipinski definition) is 0. The minimum atomic E-state index is -0.860. The zero-order valence-electron chi connectivity index (χ0n) is 9.96. The van der Waals surface area contributed by atoms with E-state index in [0.29, 0.717) is 19.6 Å². The smallest absolute Gasteiger partial charge is 0.313 e. The summed E-state index contributed by atoms with van der Waals surface area (Å²) in [7, 11) is 0. The van der Waals surface area contributed by atoms with Gasteiger partial charge in [0.2, 0.25) is 0 Å². The van der Waals surface area contributed by atoms with Crippen LogP contribution >= 0.6 is 0 Å². The summed E-state index contributed by atoms with van der Waals surface area (Å²) in [5.41, 5.74) is -0.860. The average molecular weight is 216 g/mol. The number of carbonyl (C=O) groups is 2. The van der Waals surface area contributed by atoms with Crippen LogP contribution in [-0.4, -0.2) is 30.6 Å². The number of ether oxygens (including phenoxy) is 2. The van der Waals surface area contributed by atoms with Crippen molar-refractivity contribution in [2.45, 2.75) is 46.1 Å². The maximum atomic E-state index is 11.7. The molecular formula is C11H20O4. The van der Waals surface area contributed by atoms with E-state index < -0.39 is 11.6 Å². The first-order chi connectivity index (χ1) is 7.00. The van der Waals surface area contributed by atoms with Crippen molar-refractivity contribution in [3.8, 4) is 0 Å². The lowest BCUT2D eigenvalue weighted by Gasteiger charge is -2.26. The van der Waals surface area contributed by atoms with Gasteiger partial charge in [0.25, 0.3) is 0 Å². The Morgan fingerprint density at radius 2 is 1.73 bits per heavy atom. The molecule has 0 heterocycles. The van der Waals surface area contributed by atoms with E-state index in [1.807, 2.05) is 13.8 Å². The quantitative estimate of drug-likeness (QED) is 0.480. The fourth-order valence-electron chi connectivity index (χ4n) is 1.23. The molecule has 1 unspecified atom stereocenters. The van der Waals surface area contributed by atoms with E-state index in [-0.39, 0.29) is 12.2 Å². The third-order valence-corrected chi connectivity index (χ3v) is 2.34. The number of rotatable bonds is 7. The first-order valence-corrected chi connectivity index (χ1v) is 5.33. The Labute approximate surface area is 90.9 Å². The molecule has 4 heteroatoms. The molecule has 0 radical (unpaired) electrons. The van der Waals surface area contributed by atoms with Gasteiger partial charge in [0, 0.05) is 6.61 Å². The fraction of sp³-hybridized carbons (Fsp3) is 0.818. The summed E-state index contributed by atoms with van der Waals surface area (Å²) in [6, 6.07) is 0. The van der Waals surface area contributed by atoms with Gasteiger partial charge in [0.05, 0.1) is 6.61 Å². The van der Waals surface area contributed by atoms with Gasteiger partial charge in [-0.1, -0.05) is 6.92 Å². The minimum absolute atomic E-state index is 0.210. The highest BCUT2D eigenvalue weighted by Gasteiger charge is 2.33. The number of hydrogen-bond acceptors (Lipinski definition) is 4. The van der Waals surface area contributed by atoms with E-state index in [1.165, 1.54) is 0 Å². The van der Waals surface area contributed by atoms with E-state index in [0.717, 1.165) is 0 Å². The van der Waals surface area contributed by atoms with Crippen LogP contribution in [0.15, 0.2) is 0 Å². The molecule has 0 aromatic carbocycles. The normalized spacial score (nSPS) is 14.4. The first kappa shape index (κ1) is 14.1. The molecule has 15 heavy (non-hydrogen) atoms. The third kappa shape index (κ3) is 4.42. The summed E-state index contributed by atoms with van der Waals surface area (Å²) in [5.74, 6) is -0.702. The molecule has 1 atom stereocenters. The molecule has 0 rings (SSSR count). The fourth-order valence-corrected chi connectivity index (χ4v) is 1.23. The highest BCUT2D eigenvalue weighted by Crippen LogP contribution is 2.18. The zero-order chi connectivity index (χ0) is 11.9. The van der Waals surface area contributed by atoms with Crippen LogP contribution in [0.4, 0.5) is 0 Å². The number of ketones is 1. The summed E-state index contributed by atoms with van der Waals surface area (Å²) >= 11 is 0. The summed E-state index contributed by atoms with van der Waals surface area (Å²) in [5, 5.41) is 0. The van der Waals surface area contributed by atoms with Gasteiger partial charge in [-0.15, -0.1) is 0 Å². The van der Waals surface area contributed by atoms with Crippen molar-refractivity contribution in [2.24, 2.45) is 0 Å². The van der Waals surface area contributed by atoms with Crippen molar-refractivity contribution < 1.29 is 19.1 Å². The van der Waals surface area contributed by atoms with Crippen LogP contribution in [0.5, 0.6) is 0 Å². The highest BCUT2D eigenvalue weighted by atomic mass is 16.5. The van der Waals surface area contributed by atoms with Crippen LogP contribution < -0.4 is 0 Å². The van der Waals surface area contributed by atoms with E-state index in [2.05, 4.69) is 0 Å². The topological polar surface area (TPSA) is 52.6 Å². The summed E-state index contributed by atoms with van der Waals surface area (Å²) in [6.45, 7) is 7.86. The molecule has 0 saturated carbocycles.